The van der Waals surface area contributed by atoms with Crippen LogP contribution in [0.1, 0.15) is 31.9 Å². The second-order valence-electron chi connectivity index (χ2n) is 6.69. The quantitative estimate of drug-likeness (QED) is 0.387. The zero-order valence-corrected chi connectivity index (χ0v) is 17.4. The molecule has 132 valence electrons. The topological polar surface area (TPSA) is 74.7 Å². The molecule has 1 aliphatic heterocycles. The summed E-state index contributed by atoms with van der Waals surface area (Å²) in [5, 5.41) is 10.8. The Morgan fingerprint density at radius 2 is 2.12 bits per heavy atom. The molecule has 0 bridgehead atoms. The zero-order chi connectivity index (χ0) is 17.9. The maximum atomic E-state index is 11.9. The van der Waals surface area contributed by atoms with Gasteiger partial charge in [0.15, 0.2) is 0 Å². The summed E-state index contributed by atoms with van der Waals surface area (Å²) in [6, 6.07) is 3.86. The van der Waals surface area contributed by atoms with Gasteiger partial charge in [0.2, 0.25) is 0 Å². The minimum Gasteiger partial charge on any atom is -0.486 e. The molecule has 0 aliphatic carbocycles. The summed E-state index contributed by atoms with van der Waals surface area (Å²) in [4.78, 5) is 13.6. The van der Waals surface area contributed by atoms with Gasteiger partial charge in [-0.25, -0.2) is 4.79 Å². The number of hydrogen-bond donors (Lipinski definition) is 2. The van der Waals surface area contributed by atoms with E-state index in [1.807, 2.05) is 39.8 Å². The highest BCUT2D eigenvalue weighted by Gasteiger charge is 2.35. The van der Waals surface area contributed by atoms with Crippen molar-refractivity contribution in [1.82, 2.24) is 4.90 Å². The standard InChI is InChI=1S/C16H23IN3O3P/c1-10-5-11(7-18)13(19-24-17)6-14(10)22-12-8-20(9-12)15(21)23-16(2,3)4/h5-7,12,18-19,24H,8-9H2,1-4H3. The molecule has 1 aliphatic rings. The molecule has 2 N–H and O–H groups in total. The first-order valence-corrected chi connectivity index (χ1v) is 11.8. The van der Waals surface area contributed by atoms with Crippen molar-refractivity contribution in [3.8, 4) is 5.75 Å². The van der Waals surface area contributed by atoms with Gasteiger partial charge in [-0.15, -0.1) is 0 Å². The van der Waals surface area contributed by atoms with Crippen LogP contribution in [0.4, 0.5) is 10.5 Å². The lowest BCUT2D eigenvalue weighted by molar-refractivity contribution is -0.0222. The Labute approximate surface area is 157 Å². The largest absolute Gasteiger partial charge is 0.486 e. The molecule has 0 radical (unpaired) electrons. The zero-order valence-electron chi connectivity index (χ0n) is 14.3. The van der Waals surface area contributed by atoms with Crippen LogP contribution in [0, 0.1) is 12.3 Å². The average Bonchev–Trinajstić information content (AvgIpc) is 2.43. The van der Waals surface area contributed by atoms with E-state index in [1.54, 1.807) is 4.90 Å². The molecule has 1 unspecified atom stereocenters. The van der Waals surface area contributed by atoms with E-state index in [9.17, 15) is 4.79 Å². The summed E-state index contributed by atoms with van der Waals surface area (Å²) in [5.74, 6) is 0.784. The Kier molecular flexibility index (Phi) is 6.31. The number of hydrogen-bond acceptors (Lipinski definition) is 5. The number of halogens is 1. The molecule has 1 amide bonds. The number of anilines is 1. The molecule has 6 nitrogen and oxygen atoms in total. The van der Waals surface area contributed by atoms with Gasteiger partial charge in [0.1, 0.15) is 17.5 Å². The fourth-order valence-corrected chi connectivity index (χ4v) is 3.47. The second-order valence-corrected chi connectivity index (χ2v) is 8.75. The Bertz CT molecular complexity index is 628. The number of likely N-dealkylation sites (tertiary alicyclic amines) is 1. The van der Waals surface area contributed by atoms with Crippen molar-refractivity contribution < 1.29 is 14.3 Å². The predicted octanol–water partition coefficient (Wildman–Crippen LogP) is 4.35. The van der Waals surface area contributed by atoms with Gasteiger partial charge in [-0.1, -0.05) is 0 Å². The number of aryl methyl sites for hydroxylation is 1. The molecule has 1 saturated heterocycles. The Hall–Kier alpha value is -1.08. The van der Waals surface area contributed by atoms with Crippen LogP contribution in [0.5, 0.6) is 5.75 Å². The molecule has 0 spiro atoms. The van der Waals surface area contributed by atoms with E-state index in [0.717, 1.165) is 22.6 Å². The van der Waals surface area contributed by atoms with Crippen molar-refractivity contribution >= 4 is 46.4 Å². The lowest BCUT2D eigenvalue weighted by Crippen LogP contribution is -2.57. The maximum Gasteiger partial charge on any atom is 0.410 e. The van der Waals surface area contributed by atoms with Gasteiger partial charge >= 0.3 is 6.09 Å². The number of nitrogens with one attached hydrogen (secondary N) is 2. The molecular weight excluding hydrogens is 440 g/mol. The molecule has 1 fully saturated rings. The van der Waals surface area contributed by atoms with Gasteiger partial charge in [-0.3, -0.25) is 0 Å². The average molecular weight is 463 g/mol. The second kappa shape index (κ2) is 7.87. The lowest BCUT2D eigenvalue weighted by atomic mass is 10.1. The summed E-state index contributed by atoms with van der Waals surface area (Å²) in [6.45, 7) is 8.58. The van der Waals surface area contributed by atoms with Gasteiger partial charge < -0.3 is 24.9 Å². The normalized spacial score (nSPS) is 15.3. The highest BCUT2D eigenvalue weighted by molar-refractivity contribution is 14.2. The van der Waals surface area contributed by atoms with Gasteiger partial charge in [-0.2, -0.15) is 0 Å². The van der Waals surface area contributed by atoms with Crippen molar-refractivity contribution in [1.29, 1.82) is 5.41 Å². The van der Waals surface area contributed by atoms with Crippen LogP contribution in [0.25, 0.3) is 0 Å². The molecule has 1 aromatic rings. The number of ether oxygens (including phenoxy) is 2. The predicted molar refractivity (Wildman–Crippen MR) is 107 cm³/mol. The third-order valence-corrected chi connectivity index (χ3v) is 4.65. The Balaban J connectivity index is 1.97. The van der Waals surface area contributed by atoms with Gasteiger partial charge in [-0.05, 0) is 61.4 Å². The van der Waals surface area contributed by atoms with E-state index in [4.69, 9.17) is 14.9 Å². The lowest BCUT2D eigenvalue weighted by Gasteiger charge is -2.39. The molecule has 1 atom stereocenters. The fourth-order valence-electron chi connectivity index (χ4n) is 2.28. The van der Waals surface area contributed by atoms with Crippen LogP contribution < -0.4 is 9.82 Å². The van der Waals surface area contributed by atoms with Gasteiger partial charge in [0.05, 0.1) is 18.8 Å². The van der Waals surface area contributed by atoms with E-state index in [0.29, 0.717) is 19.5 Å². The van der Waals surface area contributed by atoms with Gasteiger partial charge in [0.25, 0.3) is 0 Å². The number of nitrogens with zero attached hydrogens (tertiary/aromatic N) is 1. The van der Waals surface area contributed by atoms with Crippen molar-refractivity contribution in [2.45, 2.75) is 39.4 Å². The van der Waals surface area contributed by atoms with Crippen molar-refractivity contribution in [3.63, 3.8) is 0 Å². The molecule has 2 rings (SSSR count). The van der Waals surface area contributed by atoms with E-state index < -0.39 is 5.60 Å². The summed E-state index contributed by atoms with van der Waals surface area (Å²) in [5.41, 5.74) is 2.23. The third kappa shape index (κ3) is 4.96. The highest BCUT2D eigenvalue weighted by Crippen LogP contribution is 2.33. The van der Waals surface area contributed by atoms with Crippen LogP contribution in [-0.4, -0.2) is 42.0 Å². The summed E-state index contributed by atoms with van der Waals surface area (Å²) in [6.07, 6.45) is 1.52. The van der Waals surface area contributed by atoms with Crippen LogP contribution in [-0.2, 0) is 4.74 Å². The Morgan fingerprint density at radius 3 is 2.67 bits per heavy atom. The van der Waals surface area contributed by atoms with E-state index in [-0.39, 0.29) is 12.2 Å². The smallest absolute Gasteiger partial charge is 0.410 e. The highest BCUT2D eigenvalue weighted by atomic mass is 127. The molecular formula is C16H23IN3O3P. The molecule has 1 aromatic carbocycles. The monoisotopic (exact) mass is 463 g/mol. The van der Waals surface area contributed by atoms with Crippen LogP contribution in [0.2, 0.25) is 0 Å². The van der Waals surface area contributed by atoms with Crippen LogP contribution >= 0.6 is 28.4 Å². The molecule has 0 aromatic heterocycles. The SMILES string of the molecule is Cc1cc(C=N)c(NPI)cc1OC1CN(C(=O)OC(C)(C)C)C1. The molecule has 24 heavy (non-hydrogen) atoms. The first-order chi connectivity index (χ1) is 11.2. The third-order valence-electron chi connectivity index (χ3n) is 3.48. The number of carbonyl (C=O) groups is 1. The van der Waals surface area contributed by atoms with Crippen LogP contribution in [0.3, 0.4) is 0 Å². The van der Waals surface area contributed by atoms with Gasteiger partial charge in [0, 0.05) is 24.2 Å². The summed E-state index contributed by atoms with van der Waals surface area (Å²) in [7, 11) is 0. The van der Waals surface area contributed by atoms with E-state index in [1.165, 1.54) is 6.21 Å². The van der Waals surface area contributed by atoms with Crippen LogP contribution in [0.15, 0.2) is 12.1 Å². The minimum absolute atomic E-state index is 0.0306. The first-order valence-electron chi connectivity index (χ1n) is 7.65. The summed E-state index contributed by atoms with van der Waals surface area (Å²) < 4.78 is 11.4. The number of amides is 1. The number of carbonyl (C=O) groups excluding carboxylic acids is 1. The van der Waals surface area contributed by atoms with E-state index in [2.05, 4.69) is 27.1 Å². The minimum atomic E-state index is -0.483. The fraction of sp³-hybridized carbons (Fsp3) is 0.500. The number of rotatable bonds is 5. The maximum absolute atomic E-state index is 11.9. The number of benzene rings is 1. The van der Waals surface area contributed by atoms with Crippen molar-refractivity contribution in [3.05, 3.63) is 23.3 Å². The first kappa shape index (κ1) is 19.2. The molecule has 1 heterocycles. The summed E-state index contributed by atoms with van der Waals surface area (Å²) >= 11 is 2.25. The van der Waals surface area contributed by atoms with Crippen molar-refractivity contribution in [2.75, 3.05) is 18.2 Å². The Morgan fingerprint density at radius 1 is 1.46 bits per heavy atom. The van der Waals surface area contributed by atoms with E-state index >= 15 is 0 Å². The van der Waals surface area contributed by atoms with Crippen molar-refractivity contribution in [2.24, 2.45) is 0 Å². The molecule has 8 heteroatoms. The molecule has 0 saturated carbocycles.